The molecule has 3 heterocycles. The topological polar surface area (TPSA) is 140 Å². The summed E-state index contributed by atoms with van der Waals surface area (Å²) in [6.07, 6.45) is 0. The number of nitrogens with zero attached hydrogens (tertiary/aromatic N) is 5. The van der Waals surface area contributed by atoms with Gasteiger partial charge < -0.3 is 0 Å². The van der Waals surface area contributed by atoms with Crippen LogP contribution in [0.3, 0.4) is 0 Å². The van der Waals surface area contributed by atoms with E-state index in [1.54, 1.807) is 4.52 Å². The van der Waals surface area contributed by atoms with Crippen LogP contribution in [0.15, 0.2) is 47.8 Å². The van der Waals surface area contributed by atoms with E-state index < -0.39 is 34.9 Å². The van der Waals surface area contributed by atoms with Gasteiger partial charge in [0.1, 0.15) is 12.1 Å². The van der Waals surface area contributed by atoms with E-state index >= 15 is 0 Å². The Morgan fingerprint density at radius 3 is 2.64 bits per heavy atom. The summed E-state index contributed by atoms with van der Waals surface area (Å²) in [5, 5.41) is 19.9. The minimum absolute atomic E-state index is 0.0165. The largest absolute Gasteiger partial charge is 0.292 e. The molecule has 1 aliphatic rings. The molecule has 1 aliphatic heterocycles. The third-order valence-electron chi connectivity index (χ3n) is 5.16. The van der Waals surface area contributed by atoms with Crippen molar-refractivity contribution in [3.05, 3.63) is 74.6 Å². The number of fused-ring (bicyclic) bond motifs is 2. The highest BCUT2D eigenvalue weighted by Crippen LogP contribution is 2.31. The average molecular weight is 462 g/mol. The van der Waals surface area contributed by atoms with Gasteiger partial charge in [0, 0.05) is 17.0 Å². The molecule has 12 heteroatoms. The number of aryl methyl sites for hydroxylation is 1. The first-order chi connectivity index (χ1) is 15.8. The fourth-order valence-electron chi connectivity index (χ4n) is 3.58. The van der Waals surface area contributed by atoms with Crippen molar-refractivity contribution < 1.29 is 19.3 Å². The molecule has 33 heavy (non-hydrogen) atoms. The average Bonchev–Trinajstić information content (AvgIpc) is 3.42. The first kappa shape index (κ1) is 20.5. The Kier molecular flexibility index (Phi) is 4.71. The predicted octanol–water partition coefficient (Wildman–Crippen LogP) is 2.91. The fraction of sp³-hybridized carbons (Fsp3) is 0.0952. The van der Waals surface area contributed by atoms with Crippen molar-refractivity contribution in [3.63, 3.8) is 0 Å². The number of rotatable bonds is 5. The van der Waals surface area contributed by atoms with Crippen molar-refractivity contribution in [2.75, 3.05) is 11.9 Å². The highest BCUT2D eigenvalue weighted by atomic mass is 32.1. The summed E-state index contributed by atoms with van der Waals surface area (Å²) in [4.78, 5) is 53.7. The number of amides is 3. The highest BCUT2D eigenvalue weighted by molar-refractivity contribution is 7.15. The fourth-order valence-corrected chi connectivity index (χ4v) is 4.41. The molecule has 164 valence electrons. The zero-order valence-corrected chi connectivity index (χ0v) is 17.8. The number of nitrogens with one attached hydrogen (secondary N) is 1. The van der Waals surface area contributed by atoms with E-state index in [4.69, 9.17) is 0 Å². The van der Waals surface area contributed by atoms with E-state index in [0.29, 0.717) is 9.86 Å². The molecule has 0 spiro atoms. The highest BCUT2D eigenvalue weighted by Gasteiger charge is 2.41. The van der Waals surface area contributed by atoms with Gasteiger partial charge in [-0.1, -0.05) is 35.9 Å². The molecule has 0 bridgehead atoms. The molecule has 11 nitrogen and oxygen atoms in total. The number of nitro groups is 1. The van der Waals surface area contributed by atoms with Crippen LogP contribution < -0.4 is 5.32 Å². The zero-order chi connectivity index (χ0) is 23.3. The summed E-state index contributed by atoms with van der Waals surface area (Å²) in [5.74, 6) is -2.35. The standard InChI is InChI=1S/C21H14N6O5S/c1-11-5-7-12(8-6-11)15-10-33-21-23-20(24-26(15)21)22-16(28)9-25-18(29)13-3-2-4-14(27(31)32)17(13)19(25)30/h2-8,10H,9H2,1H3,(H,22,24,28). The summed E-state index contributed by atoms with van der Waals surface area (Å²) in [6, 6.07) is 11.6. The van der Waals surface area contributed by atoms with Crippen molar-refractivity contribution in [2.45, 2.75) is 6.92 Å². The number of aromatic nitrogens is 3. The van der Waals surface area contributed by atoms with Gasteiger partial charge >= 0.3 is 0 Å². The number of benzene rings is 2. The number of nitro benzene ring substituents is 1. The Balaban J connectivity index is 1.35. The van der Waals surface area contributed by atoms with E-state index in [1.165, 1.54) is 23.5 Å². The molecule has 0 atom stereocenters. The van der Waals surface area contributed by atoms with Gasteiger partial charge in [-0.2, -0.15) is 4.98 Å². The maximum Gasteiger partial charge on any atom is 0.282 e. The lowest BCUT2D eigenvalue weighted by molar-refractivity contribution is -0.385. The Morgan fingerprint density at radius 2 is 1.91 bits per heavy atom. The molecule has 0 unspecified atom stereocenters. The number of imide groups is 1. The number of hydrogen-bond acceptors (Lipinski definition) is 8. The summed E-state index contributed by atoms with van der Waals surface area (Å²) in [6.45, 7) is 1.36. The lowest BCUT2D eigenvalue weighted by Gasteiger charge is -2.12. The third kappa shape index (κ3) is 3.42. The Labute approximate surface area is 189 Å². The van der Waals surface area contributed by atoms with E-state index in [0.717, 1.165) is 22.9 Å². The molecule has 0 fully saturated rings. The number of thiazole rings is 1. The van der Waals surface area contributed by atoms with Crippen LogP contribution in [-0.2, 0) is 4.79 Å². The van der Waals surface area contributed by atoms with Crippen LogP contribution in [0.1, 0.15) is 26.3 Å². The molecule has 2 aromatic carbocycles. The molecule has 0 saturated carbocycles. The summed E-state index contributed by atoms with van der Waals surface area (Å²) >= 11 is 1.35. The minimum atomic E-state index is -0.891. The van der Waals surface area contributed by atoms with E-state index in [-0.39, 0.29) is 17.1 Å². The normalized spacial score (nSPS) is 12.9. The van der Waals surface area contributed by atoms with Crippen LogP contribution in [0.4, 0.5) is 11.6 Å². The van der Waals surface area contributed by atoms with Crippen LogP contribution in [-0.4, -0.2) is 48.7 Å². The molecular formula is C21H14N6O5S. The molecule has 0 radical (unpaired) electrons. The molecule has 5 rings (SSSR count). The maximum atomic E-state index is 12.6. The SMILES string of the molecule is Cc1ccc(-c2csc3nc(NC(=O)CN4C(=O)c5cccc([N+](=O)[O-])c5C4=O)nn23)cc1. The van der Waals surface area contributed by atoms with E-state index in [2.05, 4.69) is 15.4 Å². The summed E-state index contributed by atoms with van der Waals surface area (Å²) in [7, 11) is 0. The minimum Gasteiger partial charge on any atom is -0.292 e. The van der Waals surface area contributed by atoms with Crippen LogP contribution in [0.5, 0.6) is 0 Å². The number of anilines is 1. The van der Waals surface area contributed by atoms with Crippen LogP contribution >= 0.6 is 11.3 Å². The summed E-state index contributed by atoms with van der Waals surface area (Å²) in [5.41, 5.74) is 1.95. The smallest absolute Gasteiger partial charge is 0.282 e. The van der Waals surface area contributed by atoms with Crippen molar-refractivity contribution in [1.82, 2.24) is 19.5 Å². The van der Waals surface area contributed by atoms with E-state index in [9.17, 15) is 24.5 Å². The molecular weight excluding hydrogens is 448 g/mol. The first-order valence-electron chi connectivity index (χ1n) is 9.68. The lowest BCUT2D eigenvalue weighted by Crippen LogP contribution is -2.37. The Hall–Kier alpha value is -4.45. The van der Waals surface area contributed by atoms with Gasteiger partial charge in [0.15, 0.2) is 0 Å². The molecule has 3 amide bonds. The Morgan fingerprint density at radius 1 is 1.15 bits per heavy atom. The zero-order valence-electron chi connectivity index (χ0n) is 17.0. The quantitative estimate of drug-likeness (QED) is 0.273. The second kappa shape index (κ2) is 7.60. The second-order valence-corrected chi connectivity index (χ2v) is 8.15. The molecule has 0 saturated heterocycles. The van der Waals surface area contributed by atoms with Gasteiger partial charge in [0.05, 0.1) is 16.2 Å². The van der Waals surface area contributed by atoms with Crippen molar-refractivity contribution in [1.29, 1.82) is 0 Å². The van der Waals surface area contributed by atoms with Gasteiger partial charge in [-0.15, -0.1) is 16.4 Å². The Bertz CT molecular complexity index is 1470. The molecule has 2 aromatic heterocycles. The van der Waals surface area contributed by atoms with Gasteiger partial charge in [-0.3, -0.25) is 34.7 Å². The van der Waals surface area contributed by atoms with Gasteiger partial charge in [0.2, 0.25) is 10.9 Å². The molecule has 1 N–H and O–H groups in total. The van der Waals surface area contributed by atoms with Crippen LogP contribution in [0, 0.1) is 17.0 Å². The van der Waals surface area contributed by atoms with Crippen molar-refractivity contribution in [3.8, 4) is 11.3 Å². The van der Waals surface area contributed by atoms with Crippen molar-refractivity contribution in [2.24, 2.45) is 0 Å². The van der Waals surface area contributed by atoms with Crippen molar-refractivity contribution >= 4 is 45.7 Å². The number of hydrogen-bond donors (Lipinski definition) is 1. The summed E-state index contributed by atoms with van der Waals surface area (Å²) < 4.78 is 1.59. The number of carbonyl (C=O) groups excluding carboxylic acids is 3. The molecule has 4 aromatic rings. The third-order valence-corrected chi connectivity index (χ3v) is 5.97. The number of carbonyl (C=O) groups is 3. The predicted molar refractivity (Wildman–Crippen MR) is 118 cm³/mol. The van der Waals surface area contributed by atoms with Gasteiger partial charge in [-0.05, 0) is 13.0 Å². The first-order valence-corrected chi connectivity index (χ1v) is 10.6. The second-order valence-electron chi connectivity index (χ2n) is 7.32. The van der Waals surface area contributed by atoms with Crippen LogP contribution in [0.25, 0.3) is 16.2 Å². The van der Waals surface area contributed by atoms with E-state index in [1.807, 2.05) is 36.6 Å². The monoisotopic (exact) mass is 462 g/mol. The lowest BCUT2D eigenvalue weighted by atomic mass is 10.1. The molecule has 0 aliphatic carbocycles. The van der Waals surface area contributed by atoms with Gasteiger partial charge in [-0.25, -0.2) is 4.52 Å². The van der Waals surface area contributed by atoms with Gasteiger partial charge in [0.25, 0.3) is 23.5 Å². The maximum absolute atomic E-state index is 12.6. The van der Waals surface area contributed by atoms with Crippen LogP contribution in [0.2, 0.25) is 0 Å².